The molecule has 0 atom stereocenters. The number of nitrogens with one attached hydrogen (secondary N) is 2. The minimum Gasteiger partial charge on any atom is -0.478 e. The Labute approximate surface area is 138 Å². The van der Waals surface area contributed by atoms with Crippen LogP contribution in [0.5, 0.6) is 0 Å². The van der Waals surface area contributed by atoms with Crippen LogP contribution in [0.3, 0.4) is 0 Å². The summed E-state index contributed by atoms with van der Waals surface area (Å²) in [7, 11) is 0. The zero-order chi connectivity index (χ0) is 19.2. The fourth-order valence-corrected chi connectivity index (χ4v) is 1.08. The van der Waals surface area contributed by atoms with Gasteiger partial charge in [0, 0.05) is 12.4 Å². The van der Waals surface area contributed by atoms with Gasteiger partial charge in [-0.1, -0.05) is 0 Å². The van der Waals surface area contributed by atoms with Crippen LogP contribution in [0, 0.1) is 0 Å². The van der Waals surface area contributed by atoms with E-state index in [0.29, 0.717) is 12.8 Å². The number of ether oxygens (including phenoxy) is 1. The van der Waals surface area contributed by atoms with Crippen LogP contribution in [0.15, 0.2) is 18.5 Å². The Morgan fingerprint density at radius 1 is 1.17 bits per heavy atom. The molecule has 11 nitrogen and oxygen atoms in total. The highest BCUT2D eigenvalue weighted by Crippen LogP contribution is 2.14. The summed E-state index contributed by atoms with van der Waals surface area (Å²) in [6.45, 7) is 5.13. The molecule has 1 aromatic heterocycles. The van der Waals surface area contributed by atoms with Crippen LogP contribution >= 0.6 is 0 Å². The number of carbonyl (C=O) groups excluding carboxylic acids is 3. The van der Waals surface area contributed by atoms with Gasteiger partial charge in [-0.2, -0.15) is 0 Å². The van der Waals surface area contributed by atoms with Crippen molar-refractivity contribution in [1.82, 2.24) is 15.8 Å². The summed E-state index contributed by atoms with van der Waals surface area (Å²) in [6.07, 6.45) is 3.31. The number of carboxylic acids is 1. The predicted molar refractivity (Wildman–Crippen MR) is 83.1 cm³/mol. The van der Waals surface area contributed by atoms with Crippen molar-refractivity contribution in [2.45, 2.75) is 26.4 Å². The third-order valence-electron chi connectivity index (χ3n) is 1.81. The van der Waals surface area contributed by atoms with E-state index >= 15 is 0 Å². The molecule has 0 aliphatic heterocycles. The van der Waals surface area contributed by atoms with E-state index in [-0.39, 0.29) is 11.1 Å². The summed E-state index contributed by atoms with van der Waals surface area (Å²) >= 11 is 0. The molecule has 11 heteroatoms. The van der Waals surface area contributed by atoms with Crippen molar-refractivity contribution in [3.05, 3.63) is 29.6 Å². The molecule has 1 aromatic rings. The van der Waals surface area contributed by atoms with Gasteiger partial charge in [0.1, 0.15) is 5.60 Å². The molecule has 0 radical (unpaired) electrons. The molecule has 0 saturated heterocycles. The Balaban J connectivity index is 0. The largest absolute Gasteiger partial charge is 0.478 e. The van der Waals surface area contributed by atoms with Crippen LogP contribution in [-0.2, 0) is 14.3 Å². The highest BCUT2D eigenvalue weighted by molar-refractivity contribution is 6.02. The number of pyridine rings is 1. The molecule has 1 rings (SSSR count). The molecule has 0 aliphatic carbocycles. The second-order valence-corrected chi connectivity index (χ2v) is 4.80. The Bertz CT molecular complexity index is 536. The first-order chi connectivity index (χ1) is 11.1. The van der Waals surface area contributed by atoms with Crippen LogP contribution in [0.1, 0.15) is 41.5 Å². The standard InChI is InChI=1S/C11H13NO4.2CH4N2O/c1-11(2,3)16-10(15)8-6-12-5-4-7(8)9(13)14;2*2-3-1-4/h4-6H,1-3H3,(H,13,14);2*1H,2H2,(H,3,4). The molecular formula is C13H21N5O6. The van der Waals surface area contributed by atoms with Crippen molar-refractivity contribution < 1.29 is 29.0 Å². The van der Waals surface area contributed by atoms with E-state index in [1.807, 2.05) is 0 Å². The summed E-state index contributed by atoms with van der Waals surface area (Å²) in [5, 5.41) is 8.88. The number of amides is 2. The molecule has 7 N–H and O–H groups in total. The molecule has 0 saturated carbocycles. The first-order valence-electron chi connectivity index (χ1n) is 6.34. The van der Waals surface area contributed by atoms with Crippen LogP contribution in [0.4, 0.5) is 0 Å². The van der Waals surface area contributed by atoms with E-state index in [2.05, 4.69) is 16.7 Å². The number of nitrogens with two attached hydrogens (primary N) is 2. The highest BCUT2D eigenvalue weighted by Gasteiger charge is 2.22. The molecule has 0 fully saturated rings. The Kier molecular flexibility index (Phi) is 12.1. The van der Waals surface area contributed by atoms with Crippen LogP contribution < -0.4 is 22.5 Å². The van der Waals surface area contributed by atoms with Gasteiger partial charge in [0.25, 0.3) is 0 Å². The molecule has 0 aromatic carbocycles. The first kappa shape index (κ1) is 23.2. The number of esters is 1. The SMILES string of the molecule is CC(C)(C)OC(=O)c1cnccc1C(=O)O.NNC=O.NNC=O. The number of aromatic nitrogens is 1. The van der Waals surface area contributed by atoms with Gasteiger partial charge in [-0.05, 0) is 26.8 Å². The summed E-state index contributed by atoms with van der Waals surface area (Å²) in [5.74, 6) is 6.96. The van der Waals surface area contributed by atoms with Crippen molar-refractivity contribution in [1.29, 1.82) is 0 Å². The van der Waals surface area contributed by atoms with Crippen LogP contribution in [-0.4, -0.2) is 40.5 Å². The lowest BCUT2D eigenvalue weighted by molar-refractivity contribution is -0.110. The average molecular weight is 343 g/mol. The number of aromatic carboxylic acids is 1. The van der Waals surface area contributed by atoms with E-state index in [1.54, 1.807) is 31.6 Å². The predicted octanol–water partition coefficient (Wildman–Crippen LogP) is -1.05. The number of carboxylic acid groups (broad SMARTS) is 1. The minimum absolute atomic E-state index is 0.0371. The van der Waals surface area contributed by atoms with E-state index in [1.165, 1.54) is 18.5 Å². The lowest BCUT2D eigenvalue weighted by Gasteiger charge is -2.19. The number of nitrogens with zero attached hydrogens (tertiary/aromatic N) is 1. The topological polar surface area (TPSA) is 187 Å². The quantitative estimate of drug-likeness (QED) is 0.149. The Hall–Kier alpha value is -3.05. The average Bonchev–Trinajstić information content (AvgIpc) is 2.53. The number of hydrazine groups is 2. The van der Waals surface area contributed by atoms with E-state index < -0.39 is 17.5 Å². The molecule has 2 amide bonds. The van der Waals surface area contributed by atoms with Crippen molar-refractivity contribution >= 4 is 24.8 Å². The molecule has 0 bridgehead atoms. The van der Waals surface area contributed by atoms with Gasteiger partial charge in [-0.25, -0.2) is 21.3 Å². The Morgan fingerprint density at radius 2 is 1.62 bits per heavy atom. The van der Waals surface area contributed by atoms with Gasteiger partial charge in [-0.3, -0.25) is 25.4 Å². The second kappa shape index (κ2) is 12.5. The van der Waals surface area contributed by atoms with Crippen LogP contribution in [0.2, 0.25) is 0 Å². The van der Waals surface area contributed by atoms with Gasteiger partial charge < -0.3 is 9.84 Å². The monoisotopic (exact) mass is 343 g/mol. The van der Waals surface area contributed by atoms with E-state index in [9.17, 15) is 9.59 Å². The molecule has 0 spiro atoms. The summed E-state index contributed by atoms with van der Waals surface area (Å²) in [4.78, 5) is 44.1. The number of hydrogen-bond donors (Lipinski definition) is 5. The van der Waals surface area contributed by atoms with Crippen molar-refractivity contribution in [3.63, 3.8) is 0 Å². The maximum atomic E-state index is 11.7. The molecule has 134 valence electrons. The third-order valence-corrected chi connectivity index (χ3v) is 1.81. The Morgan fingerprint density at radius 3 is 1.96 bits per heavy atom. The molecule has 0 unspecified atom stereocenters. The molecule has 24 heavy (non-hydrogen) atoms. The zero-order valence-corrected chi connectivity index (χ0v) is 13.5. The van der Waals surface area contributed by atoms with E-state index in [4.69, 9.17) is 19.4 Å². The van der Waals surface area contributed by atoms with Gasteiger partial charge in [-0.15, -0.1) is 0 Å². The normalized spacial score (nSPS) is 9.04. The van der Waals surface area contributed by atoms with Crippen LogP contribution in [0.25, 0.3) is 0 Å². The second-order valence-electron chi connectivity index (χ2n) is 4.80. The summed E-state index contributed by atoms with van der Waals surface area (Å²) in [5.41, 5.74) is 2.69. The van der Waals surface area contributed by atoms with Gasteiger partial charge in [0.05, 0.1) is 11.1 Å². The first-order valence-corrected chi connectivity index (χ1v) is 6.34. The minimum atomic E-state index is -1.18. The molecule has 1 heterocycles. The summed E-state index contributed by atoms with van der Waals surface area (Å²) < 4.78 is 5.07. The molecular weight excluding hydrogens is 322 g/mol. The fraction of sp³-hybridized carbons (Fsp3) is 0.308. The maximum absolute atomic E-state index is 11.7. The lowest BCUT2D eigenvalue weighted by atomic mass is 10.1. The van der Waals surface area contributed by atoms with Gasteiger partial charge in [0.15, 0.2) is 0 Å². The highest BCUT2D eigenvalue weighted by atomic mass is 16.6. The molecule has 0 aliphatic rings. The van der Waals surface area contributed by atoms with Crippen molar-refractivity contribution in [2.24, 2.45) is 11.7 Å². The lowest BCUT2D eigenvalue weighted by Crippen LogP contribution is -2.25. The number of hydrogen-bond acceptors (Lipinski definition) is 8. The zero-order valence-electron chi connectivity index (χ0n) is 13.5. The van der Waals surface area contributed by atoms with Gasteiger partial charge in [0.2, 0.25) is 12.8 Å². The smallest absolute Gasteiger partial charge is 0.341 e. The van der Waals surface area contributed by atoms with E-state index in [0.717, 1.165) is 0 Å². The third kappa shape index (κ3) is 11.6. The number of rotatable bonds is 4. The van der Waals surface area contributed by atoms with Gasteiger partial charge >= 0.3 is 11.9 Å². The van der Waals surface area contributed by atoms with Crippen molar-refractivity contribution in [3.8, 4) is 0 Å². The fourth-order valence-electron chi connectivity index (χ4n) is 1.08. The maximum Gasteiger partial charge on any atom is 0.341 e. The number of carbonyl (C=O) groups is 4. The van der Waals surface area contributed by atoms with Crippen molar-refractivity contribution in [2.75, 3.05) is 0 Å². The summed E-state index contributed by atoms with van der Waals surface area (Å²) in [6, 6.07) is 1.27.